The highest BCUT2D eigenvalue weighted by molar-refractivity contribution is 6.30. The average molecular weight is 239 g/mol. The maximum atomic E-state index is 11.4. The normalized spacial score (nSPS) is 21.2. The second-order valence-corrected chi connectivity index (χ2v) is 5.85. The van der Waals surface area contributed by atoms with Gasteiger partial charge in [-0.3, -0.25) is 4.79 Å². The first-order valence-corrected chi connectivity index (χ1v) is 5.73. The Bertz CT molecular complexity index is 412. The van der Waals surface area contributed by atoms with Crippen molar-refractivity contribution >= 4 is 17.6 Å². The van der Waals surface area contributed by atoms with Gasteiger partial charge in [-0.05, 0) is 36.0 Å². The number of aliphatic carboxylic acids is 1. The smallest absolute Gasteiger partial charge is 0.314 e. The summed E-state index contributed by atoms with van der Waals surface area (Å²) in [5.74, 6) is -0.728. The minimum Gasteiger partial charge on any atom is -0.481 e. The molecule has 0 bridgehead atoms. The van der Waals surface area contributed by atoms with E-state index in [0.717, 1.165) is 5.56 Å². The quantitative estimate of drug-likeness (QED) is 0.857. The van der Waals surface area contributed by atoms with Gasteiger partial charge in [0.1, 0.15) is 0 Å². The molecule has 0 spiro atoms. The number of carbonyl (C=O) groups is 1. The fourth-order valence-electron chi connectivity index (χ4n) is 2.83. The molecule has 0 heterocycles. The molecule has 0 aliphatic heterocycles. The minimum absolute atomic E-state index is 0.123. The number of benzene rings is 1. The van der Waals surface area contributed by atoms with Gasteiger partial charge in [0.05, 0.1) is 5.41 Å². The lowest BCUT2D eigenvalue weighted by atomic mass is 9.52. The number of halogens is 1. The van der Waals surface area contributed by atoms with Gasteiger partial charge < -0.3 is 5.11 Å². The van der Waals surface area contributed by atoms with Crippen molar-refractivity contribution in [1.82, 2.24) is 0 Å². The summed E-state index contributed by atoms with van der Waals surface area (Å²) in [5.41, 5.74) is 0.287. The van der Waals surface area contributed by atoms with E-state index in [1.54, 1.807) is 12.1 Å². The van der Waals surface area contributed by atoms with Crippen LogP contribution in [0.4, 0.5) is 0 Å². The molecule has 86 valence electrons. The number of carboxylic acid groups (broad SMARTS) is 1. The first-order chi connectivity index (χ1) is 7.36. The predicted octanol–water partition coefficient (Wildman–Crippen LogP) is 3.48. The molecule has 1 aromatic rings. The van der Waals surface area contributed by atoms with Gasteiger partial charge in [-0.15, -0.1) is 0 Å². The molecule has 16 heavy (non-hydrogen) atoms. The number of carboxylic acids is 1. The SMILES string of the molecule is CC1(C)CC(C(=O)O)(c2ccc(Cl)cc2)C1. The van der Waals surface area contributed by atoms with Crippen molar-refractivity contribution < 1.29 is 9.90 Å². The van der Waals surface area contributed by atoms with Crippen molar-refractivity contribution in [3.05, 3.63) is 34.9 Å². The van der Waals surface area contributed by atoms with E-state index in [0.29, 0.717) is 17.9 Å². The maximum absolute atomic E-state index is 11.4. The summed E-state index contributed by atoms with van der Waals surface area (Å²) in [6.07, 6.45) is 1.38. The first-order valence-electron chi connectivity index (χ1n) is 5.35. The predicted molar refractivity (Wildman–Crippen MR) is 63.8 cm³/mol. The molecule has 1 aliphatic rings. The molecule has 3 heteroatoms. The Hall–Kier alpha value is -1.02. The highest BCUT2D eigenvalue weighted by atomic mass is 35.5. The van der Waals surface area contributed by atoms with Gasteiger partial charge in [-0.25, -0.2) is 0 Å². The van der Waals surface area contributed by atoms with Gasteiger partial charge in [-0.2, -0.15) is 0 Å². The van der Waals surface area contributed by atoms with Crippen LogP contribution >= 0.6 is 11.6 Å². The zero-order valence-electron chi connectivity index (χ0n) is 9.46. The van der Waals surface area contributed by atoms with E-state index in [1.807, 2.05) is 12.1 Å². The molecule has 0 amide bonds. The summed E-state index contributed by atoms with van der Waals surface area (Å²) in [4.78, 5) is 11.4. The van der Waals surface area contributed by atoms with Crippen molar-refractivity contribution in [2.75, 3.05) is 0 Å². The van der Waals surface area contributed by atoms with Crippen molar-refractivity contribution in [1.29, 1.82) is 0 Å². The molecule has 0 radical (unpaired) electrons. The lowest BCUT2D eigenvalue weighted by molar-refractivity contribution is -0.153. The summed E-state index contributed by atoms with van der Waals surface area (Å²) < 4.78 is 0. The first kappa shape index (κ1) is 11.5. The van der Waals surface area contributed by atoms with Crippen molar-refractivity contribution in [2.24, 2.45) is 5.41 Å². The molecule has 0 unspecified atom stereocenters. The fourth-order valence-corrected chi connectivity index (χ4v) is 2.96. The van der Waals surface area contributed by atoms with E-state index in [-0.39, 0.29) is 5.41 Å². The standard InChI is InChI=1S/C13H15ClO2/c1-12(2)7-13(8-12,11(15)16)9-3-5-10(14)6-4-9/h3-6H,7-8H2,1-2H3,(H,15,16). The van der Waals surface area contributed by atoms with E-state index in [2.05, 4.69) is 13.8 Å². The van der Waals surface area contributed by atoms with Crippen LogP contribution < -0.4 is 0 Å². The Morgan fingerprint density at radius 2 is 1.75 bits per heavy atom. The number of hydrogen-bond donors (Lipinski definition) is 1. The summed E-state index contributed by atoms with van der Waals surface area (Å²) in [7, 11) is 0. The van der Waals surface area contributed by atoms with Crippen molar-refractivity contribution in [3.63, 3.8) is 0 Å². The van der Waals surface area contributed by atoms with Gasteiger partial charge >= 0.3 is 5.97 Å². The van der Waals surface area contributed by atoms with E-state index in [4.69, 9.17) is 11.6 Å². The van der Waals surface area contributed by atoms with Crippen LogP contribution in [0, 0.1) is 5.41 Å². The summed E-state index contributed by atoms with van der Waals surface area (Å²) >= 11 is 5.81. The monoisotopic (exact) mass is 238 g/mol. The fraction of sp³-hybridized carbons (Fsp3) is 0.462. The van der Waals surface area contributed by atoms with Crippen LogP contribution in [0.2, 0.25) is 5.02 Å². The maximum Gasteiger partial charge on any atom is 0.314 e. The summed E-state index contributed by atoms with van der Waals surface area (Å²) in [6, 6.07) is 7.16. The van der Waals surface area contributed by atoms with Gasteiger partial charge in [-0.1, -0.05) is 37.6 Å². The summed E-state index contributed by atoms with van der Waals surface area (Å²) in [5, 5.41) is 10.0. The molecular weight excluding hydrogens is 224 g/mol. The molecule has 1 saturated carbocycles. The van der Waals surface area contributed by atoms with Crippen LogP contribution in [0.5, 0.6) is 0 Å². The van der Waals surface area contributed by atoms with Gasteiger partial charge in [0.2, 0.25) is 0 Å². The van der Waals surface area contributed by atoms with Crippen LogP contribution in [0.15, 0.2) is 24.3 Å². The molecule has 0 atom stereocenters. The highest BCUT2D eigenvalue weighted by Gasteiger charge is 2.55. The number of hydrogen-bond acceptors (Lipinski definition) is 1. The van der Waals surface area contributed by atoms with Crippen molar-refractivity contribution in [2.45, 2.75) is 32.1 Å². The molecule has 1 N–H and O–H groups in total. The Morgan fingerprint density at radius 3 is 2.12 bits per heavy atom. The third kappa shape index (κ3) is 1.71. The molecular formula is C13H15ClO2. The largest absolute Gasteiger partial charge is 0.481 e. The molecule has 1 aliphatic carbocycles. The second-order valence-electron chi connectivity index (χ2n) is 5.41. The average Bonchev–Trinajstić information content (AvgIpc) is 2.14. The lowest BCUT2D eigenvalue weighted by Crippen LogP contribution is -2.52. The van der Waals surface area contributed by atoms with Crippen LogP contribution in [0.3, 0.4) is 0 Å². The van der Waals surface area contributed by atoms with E-state index >= 15 is 0 Å². The van der Waals surface area contributed by atoms with Crippen LogP contribution in [-0.4, -0.2) is 11.1 Å². The highest BCUT2D eigenvalue weighted by Crippen LogP contribution is 2.55. The van der Waals surface area contributed by atoms with Crippen LogP contribution in [0.25, 0.3) is 0 Å². The van der Waals surface area contributed by atoms with Gasteiger partial charge in [0, 0.05) is 5.02 Å². The summed E-state index contributed by atoms with van der Waals surface area (Å²) in [6.45, 7) is 4.20. The van der Waals surface area contributed by atoms with Crippen molar-refractivity contribution in [3.8, 4) is 0 Å². The molecule has 0 saturated heterocycles. The molecule has 1 aromatic carbocycles. The Morgan fingerprint density at radius 1 is 1.25 bits per heavy atom. The van der Waals surface area contributed by atoms with Crippen LogP contribution in [0.1, 0.15) is 32.3 Å². The molecule has 2 rings (SSSR count). The third-order valence-corrected chi connectivity index (χ3v) is 3.62. The Labute approximate surface area is 100 Å². The Kier molecular flexibility index (Phi) is 2.50. The Balaban J connectivity index is 2.36. The zero-order chi connectivity index (χ0) is 12.0. The molecule has 0 aromatic heterocycles. The van der Waals surface area contributed by atoms with Crippen LogP contribution in [-0.2, 0) is 10.2 Å². The van der Waals surface area contributed by atoms with E-state index in [1.165, 1.54) is 0 Å². The number of rotatable bonds is 2. The third-order valence-electron chi connectivity index (χ3n) is 3.37. The van der Waals surface area contributed by atoms with E-state index in [9.17, 15) is 9.90 Å². The molecule has 1 fully saturated rings. The minimum atomic E-state index is -0.728. The zero-order valence-corrected chi connectivity index (χ0v) is 10.2. The lowest BCUT2D eigenvalue weighted by Gasteiger charge is -2.50. The molecule has 2 nitrogen and oxygen atoms in total. The van der Waals surface area contributed by atoms with E-state index < -0.39 is 11.4 Å². The second kappa shape index (κ2) is 3.49. The topological polar surface area (TPSA) is 37.3 Å². The van der Waals surface area contributed by atoms with Gasteiger partial charge in [0.15, 0.2) is 0 Å². The van der Waals surface area contributed by atoms with Gasteiger partial charge in [0.25, 0.3) is 0 Å².